The lowest BCUT2D eigenvalue weighted by atomic mass is 10.1. The summed E-state index contributed by atoms with van der Waals surface area (Å²) >= 11 is 5.85. The third kappa shape index (κ3) is 5.69. The van der Waals surface area contributed by atoms with E-state index in [0.717, 1.165) is 11.3 Å². The van der Waals surface area contributed by atoms with Gasteiger partial charge >= 0.3 is 0 Å². The predicted octanol–water partition coefficient (Wildman–Crippen LogP) is 3.60. The fourth-order valence-corrected chi connectivity index (χ4v) is 1.76. The molecule has 21 heavy (non-hydrogen) atoms. The van der Waals surface area contributed by atoms with Crippen molar-refractivity contribution in [3.8, 4) is 5.88 Å². The van der Waals surface area contributed by atoms with Crippen LogP contribution in [0.4, 0.5) is 0 Å². The van der Waals surface area contributed by atoms with Gasteiger partial charge in [-0.15, -0.1) is 0 Å². The Balaban J connectivity index is 1.93. The van der Waals surface area contributed by atoms with Crippen LogP contribution in [0.3, 0.4) is 0 Å². The number of hydrogen-bond donors (Lipinski definition) is 1. The Hall–Kier alpha value is -1.65. The zero-order valence-corrected chi connectivity index (χ0v) is 13.3. The van der Waals surface area contributed by atoms with Crippen LogP contribution in [-0.2, 0) is 13.2 Å². The third-order valence-corrected chi connectivity index (χ3v) is 3.01. The van der Waals surface area contributed by atoms with Crippen molar-refractivity contribution in [2.45, 2.75) is 39.5 Å². The van der Waals surface area contributed by atoms with Crippen LogP contribution in [0, 0.1) is 0 Å². The van der Waals surface area contributed by atoms with Crippen molar-refractivity contribution in [2.75, 3.05) is 0 Å². The molecule has 112 valence electrons. The molecular formula is C16H20ClN3O. The number of nitrogens with one attached hydrogen (secondary N) is 1. The fourth-order valence-electron chi connectivity index (χ4n) is 1.63. The maximum absolute atomic E-state index is 5.85. The van der Waals surface area contributed by atoms with Crippen LogP contribution < -0.4 is 10.1 Å². The van der Waals surface area contributed by atoms with Crippen molar-refractivity contribution in [3.63, 3.8) is 0 Å². The topological polar surface area (TPSA) is 47.0 Å². The molecule has 2 aromatic rings. The van der Waals surface area contributed by atoms with Gasteiger partial charge in [-0.2, -0.15) is 0 Å². The van der Waals surface area contributed by atoms with Crippen molar-refractivity contribution in [3.05, 3.63) is 52.9 Å². The molecule has 0 saturated carbocycles. The molecule has 4 nitrogen and oxygen atoms in total. The monoisotopic (exact) mass is 305 g/mol. The molecule has 0 radical (unpaired) electrons. The van der Waals surface area contributed by atoms with Gasteiger partial charge < -0.3 is 10.1 Å². The van der Waals surface area contributed by atoms with E-state index in [1.54, 1.807) is 12.4 Å². The van der Waals surface area contributed by atoms with Gasteiger partial charge in [-0.25, -0.2) is 4.98 Å². The summed E-state index contributed by atoms with van der Waals surface area (Å²) in [5.74, 6) is 0.526. The molecule has 0 aliphatic carbocycles. The molecule has 1 N–H and O–H groups in total. The second-order valence-corrected chi connectivity index (χ2v) is 6.30. The maximum atomic E-state index is 5.85. The summed E-state index contributed by atoms with van der Waals surface area (Å²) in [6.45, 7) is 7.45. The van der Waals surface area contributed by atoms with Gasteiger partial charge in [0.05, 0.1) is 11.9 Å². The summed E-state index contributed by atoms with van der Waals surface area (Å²) in [7, 11) is 0. The van der Waals surface area contributed by atoms with E-state index in [2.05, 4.69) is 36.1 Å². The highest BCUT2D eigenvalue weighted by Gasteiger charge is 2.09. The van der Waals surface area contributed by atoms with Gasteiger partial charge in [0.25, 0.3) is 0 Å². The van der Waals surface area contributed by atoms with Gasteiger partial charge in [0, 0.05) is 23.3 Å². The van der Waals surface area contributed by atoms with Gasteiger partial charge in [0.1, 0.15) is 6.61 Å². The summed E-state index contributed by atoms with van der Waals surface area (Å²) in [5.41, 5.74) is 1.94. The molecule has 0 saturated heterocycles. The number of ether oxygens (including phenoxy) is 1. The molecular weight excluding hydrogens is 286 g/mol. The third-order valence-electron chi connectivity index (χ3n) is 2.76. The Morgan fingerprint density at radius 3 is 2.52 bits per heavy atom. The van der Waals surface area contributed by atoms with Crippen molar-refractivity contribution in [2.24, 2.45) is 0 Å². The highest BCUT2D eigenvalue weighted by atomic mass is 35.5. The first-order valence-corrected chi connectivity index (χ1v) is 7.23. The first-order chi connectivity index (χ1) is 9.92. The summed E-state index contributed by atoms with van der Waals surface area (Å²) in [6.07, 6.45) is 3.37. The molecule has 0 aliphatic heterocycles. The minimum absolute atomic E-state index is 0.0435. The van der Waals surface area contributed by atoms with Crippen LogP contribution in [0.25, 0.3) is 0 Å². The summed E-state index contributed by atoms with van der Waals surface area (Å²) in [6, 6.07) is 7.55. The molecule has 0 atom stereocenters. The number of rotatable bonds is 5. The Morgan fingerprint density at radius 1 is 1.14 bits per heavy atom. The lowest BCUT2D eigenvalue weighted by molar-refractivity contribution is 0.290. The zero-order valence-electron chi connectivity index (χ0n) is 12.6. The predicted molar refractivity (Wildman–Crippen MR) is 84.4 cm³/mol. The highest BCUT2D eigenvalue weighted by molar-refractivity contribution is 6.30. The maximum Gasteiger partial charge on any atom is 0.232 e. The van der Waals surface area contributed by atoms with Crippen LogP contribution in [-0.4, -0.2) is 15.5 Å². The molecule has 2 rings (SSSR count). The molecule has 0 fully saturated rings. The van der Waals surface area contributed by atoms with E-state index in [4.69, 9.17) is 16.3 Å². The Morgan fingerprint density at radius 2 is 1.86 bits per heavy atom. The van der Waals surface area contributed by atoms with Crippen LogP contribution >= 0.6 is 11.6 Å². The molecule has 1 aromatic carbocycles. The molecule has 0 spiro atoms. The van der Waals surface area contributed by atoms with E-state index in [-0.39, 0.29) is 5.54 Å². The van der Waals surface area contributed by atoms with Crippen molar-refractivity contribution in [1.29, 1.82) is 0 Å². The summed E-state index contributed by atoms with van der Waals surface area (Å²) in [5, 5.41) is 4.09. The molecule has 0 aliphatic rings. The van der Waals surface area contributed by atoms with E-state index >= 15 is 0 Å². The van der Waals surface area contributed by atoms with Gasteiger partial charge in [0.2, 0.25) is 5.88 Å². The van der Waals surface area contributed by atoms with Crippen LogP contribution in [0.2, 0.25) is 5.02 Å². The van der Waals surface area contributed by atoms with E-state index in [1.165, 1.54) is 0 Å². The van der Waals surface area contributed by atoms with Crippen molar-refractivity contribution < 1.29 is 4.74 Å². The molecule has 1 heterocycles. The standard InChI is InChI=1S/C16H20ClN3O/c1-16(2,3)19-9-14-8-18-10-15(20-14)21-11-12-4-6-13(17)7-5-12/h4-8,10,19H,9,11H2,1-3H3. The Labute approximate surface area is 130 Å². The Kier molecular flexibility index (Phi) is 5.15. The molecule has 0 amide bonds. The smallest absolute Gasteiger partial charge is 0.232 e. The summed E-state index contributed by atoms with van der Waals surface area (Å²) < 4.78 is 5.66. The van der Waals surface area contributed by atoms with E-state index in [1.807, 2.05) is 24.3 Å². The molecule has 0 unspecified atom stereocenters. The molecule has 1 aromatic heterocycles. The normalized spacial score (nSPS) is 11.4. The zero-order chi connectivity index (χ0) is 15.3. The number of nitrogens with zero attached hydrogens (tertiary/aromatic N) is 2. The SMILES string of the molecule is CC(C)(C)NCc1cncc(OCc2ccc(Cl)cc2)n1. The van der Waals surface area contributed by atoms with Crippen LogP contribution in [0.15, 0.2) is 36.7 Å². The van der Waals surface area contributed by atoms with Gasteiger partial charge in [-0.05, 0) is 38.5 Å². The fraction of sp³-hybridized carbons (Fsp3) is 0.375. The average Bonchev–Trinajstić information content (AvgIpc) is 2.44. The minimum Gasteiger partial charge on any atom is -0.472 e. The minimum atomic E-state index is 0.0435. The largest absolute Gasteiger partial charge is 0.472 e. The van der Waals surface area contributed by atoms with Crippen LogP contribution in [0.5, 0.6) is 5.88 Å². The van der Waals surface area contributed by atoms with Crippen molar-refractivity contribution >= 4 is 11.6 Å². The van der Waals surface area contributed by atoms with Crippen LogP contribution in [0.1, 0.15) is 32.0 Å². The van der Waals surface area contributed by atoms with E-state index in [0.29, 0.717) is 24.1 Å². The quantitative estimate of drug-likeness (QED) is 0.917. The first kappa shape index (κ1) is 15.7. The first-order valence-electron chi connectivity index (χ1n) is 6.85. The second-order valence-electron chi connectivity index (χ2n) is 5.87. The number of hydrogen-bond acceptors (Lipinski definition) is 4. The van der Waals surface area contributed by atoms with Gasteiger partial charge in [0.15, 0.2) is 0 Å². The second kappa shape index (κ2) is 6.87. The Bertz CT molecular complexity index is 579. The molecule has 5 heteroatoms. The van der Waals surface area contributed by atoms with E-state index < -0.39 is 0 Å². The lowest BCUT2D eigenvalue weighted by Crippen LogP contribution is -2.35. The van der Waals surface area contributed by atoms with E-state index in [9.17, 15) is 0 Å². The summed E-state index contributed by atoms with van der Waals surface area (Å²) in [4.78, 5) is 8.60. The van der Waals surface area contributed by atoms with Crippen molar-refractivity contribution in [1.82, 2.24) is 15.3 Å². The number of halogens is 1. The number of aromatic nitrogens is 2. The van der Waals surface area contributed by atoms with Gasteiger partial charge in [-0.3, -0.25) is 4.98 Å². The lowest BCUT2D eigenvalue weighted by Gasteiger charge is -2.20. The number of benzene rings is 1. The average molecular weight is 306 g/mol. The van der Waals surface area contributed by atoms with Gasteiger partial charge in [-0.1, -0.05) is 23.7 Å². The highest BCUT2D eigenvalue weighted by Crippen LogP contribution is 2.13. The molecule has 0 bridgehead atoms.